The molecular formula is C8H13N. The van der Waals surface area contributed by atoms with Gasteiger partial charge in [-0.1, -0.05) is 12.2 Å². The first-order valence-electron chi connectivity index (χ1n) is 3.77. The van der Waals surface area contributed by atoms with Crippen molar-refractivity contribution in [2.75, 3.05) is 0 Å². The summed E-state index contributed by atoms with van der Waals surface area (Å²) in [5.41, 5.74) is 6.12. The number of allylic oxidation sites excluding steroid dienone is 1. The summed E-state index contributed by atoms with van der Waals surface area (Å²) in [7, 11) is 0. The van der Waals surface area contributed by atoms with Crippen molar-refractivity contribution in [3.63, 3.8) is 0 Å². The summed E-state index contributed by atoms with van der Waals surface area (Å²) in [5.74, 6) is 0.871. The Bertz CT molecular complexity index is 141. The van der Waals surface area contributed by atoms with E-state index in [0.717, 1.165) is 5.92 Å². The van der Waals surface area contributed by atoms with Crippen LogP contribution in [0.1, 0.15) is 25.7 Å². The zero-order valence-corrected chi connectivity index (χ0v) is 5.64. The summed E-state index contributed by atoms with van der Waals surface area (Å²) in [6.07, 6.45) is 9.60. The Morgan fingerprint density at radius 3 is 2.22 bits per heavy atom. The van der Waals surface area contributed by atoms with E-state index in [0.29, 0.717) is 0 Å². The Hall–Kier alpha value is -0.300. The molecule has 0 spiro atoms. The van der Waals surface area contributed by atoms with E-state index in [4.69, 9.17) is 5.73 Å². The molecule has 0 atom stereocenters. The zero-order valence-electron chi connectivity index (χ0n) is 5.64. The SMILES string of the molecule is NC12C=CC(CC1)CC2. The molecular weight excluding hydrogens is 110 g/mol. The van der Waals surface area contributed by atoms with Gasteiger partial charge in [0.25, 0.3) is 0 Å². The standard InChI is InChI=1S/C8H13N/c9-8-4-1-7(2-5-8)3-6-8/h1,4,7H,2-3,5-6,9H2. The lowest BCUT2D eigenvalue weighted by Crippen LogP contribution is -2.44. The highest BCUT2D eigenvalue weighted by Crippen LogP contribution is 2.36. The molecule has 0 aromatic rings. The van der Waals surface area contributed by atoms with E-state index >= 15 is 0 Å². The van der Waals surface area contributed by atoms with Gasteiger partial charge in [0.15, 0.2) is 0 Å². The predicted molar refractivity (Wildman–Crippen MR) is 38.0 cm³/mol. The Morgan fingerprint density at radius 2 is 2.00 bits per heavy atom. The minimum atomic E-state index is 0.106. The van der Waals surface area contributed by atoms with Crippen molar-refractivity contribution in [2.24, 2.45) is 11.7 Å². The predicted octanol–water partition coefficient (Wildman–Crippen LogP) is 1.44. The van der Waals surface area contributed by atoms with Crippen LogP contribution in [0.25, 0.3) is 0 Å². The van der Waals surface area contributed by atoms with E-state index in [1.54, 1.807) is 0 Å². The fraction of sp³-hybridized carbons (Fsp3) is 0.750. The van der Waals surface area contributed by atoms with Crippen LogP contribution < -0.4 is 5.73 Å². The van der Waals surface area contributed by atoms with Crippen molar-refractivity contribution in [2.45, 2.75) is 31.2 Å². The van der Waals surface area contributed by atoms with Gasteiger partial charge < -0.3 is 5.73 Å². The number of hydrogen-bond donors (Lipinski definition) is 1. The van der Waals surface area contributed by atoms with Gasteiger partial charge in [-0.2, -0.15) is 0 Å². The van der Waals surface area contributed by atoms with E-state index < -0.39 is 0 Å². The van der Waals surface area contributed by atoms with Gasteiger partial charge in [0, 0.05) is 5.54 Å². The molecule has 9 heavy (non-hydrogen) atoms. The summed E-state index contributed by atoms with van der Waals surface area (Å²) in [6.45, 7) is 0. The smallest absolute Gasteiger partial charge is 0.0339 e. The van der Waals surface area contributed by atoms with E-state index in [-0.39, 0.29) is 5.54 Å². The van der Waals surface area contributed by atoms with Gasteiger partial charge >= 0.3 is 0 Å². The minimum absolute atomic E-state index is 0.106. The lowest BCUT2D eigenvalue weighted by molar-refractivity contribution is 0.285. The Morgan fingerprint density at radius 1 is 1.33 bits per heavy atom. The third-order valence-corrected chi connectivity index (χ3v) is 2.66. The molecule has 0 amide bonds. The van der Waals surface area contributed by atoms with Crippen molar-refractivity contribution >= 4 is 0 Å². The van der Waals surface area contributed by atoms with Gasteiger partial charge in [-0.3, -0.25) is 0 Å². The van der Waals surface area contributed by atoms with Crippen LogP contribution >= 0.6 is 0 Å². The summed E-state index contributed by atoms with van der Waals surface area (Å²) < 4.78 is 0. The maximum Gasteiger partial charge on any atom is 0.0339 e. The summed E-state index contributed by atoms with van der Waals surface area (Å²) >= 11 is 0. The first-order valence-corrected chi connectivity index (χ1v) is 3.77. The lowest BCUT2D eigenvalue weighted by atomic mass is 9.71. The maximum atomic E-state index is 6.01. The van der Waals surface area contributed by atoms with Crippen LogP contribution in [0.15, 0.2) is 12.2 Å². The number of hydrogen-bond acceptors (Lipinski definition) is 1. The van der Waals surface area contributed by atoms with E-state index in [9.17, 15) is 0 Å². The lowest BCUT2D eigenvalue weighted by Gasteiger charge is -2.38. The van der Waals surface area contributed by atoms with E-state index in [1.165, 1.54) is 25.7 Å². The molecule has 0 aliphatic heterocycles. The van der Waals surface area contributed by atoms with Gasteiger partial charge in [0.05, 0.1) is 0 Å². The van der Waals surface area contributed by atoms with Gasteiger partial charge in [-0.15, -0.1) is 0 Å². The number of nitrogens with two attached hydrogens (primary N) is 1. The van der Waals surface area contributed by atoms with Crippen LogP contribution in [0.5, 0.6) is 0 Å². The van der Waals surface area contributed by atoms with Crippen LogP contribution in [0, 0.1) is 5.92 Å². The zero-order chi connectivity index (χ0) is 6.32. The minimum Gasteiger partial charge on any atom is -0.322 e. The molecule has 50 valence electrons. The quantitative estimate of drug-likeness (QED) is 0.485. The van der Waals surface area contributed by atoms with Crippen molar-refractivity contribution in [3.8, 4) is 0 Å². The fourth-order valence-electron chi connectivity index (χ4n) is 1.86. The third kappa shape index (κ3) is 0.799. The second-order valence-electron chi connectivity index (χ2n) is 3.43. The molecule has 1 fully saturated rings. The van der Waals surface area contributed by atoms with Gasteiger partial charge in [0.1, 0.15) is 0 Å². The molecule has 0 heterocycles. The molecule has 0 aromatic carbocycles. The largest absolute Gasteiger partial charge is 0.322 e. The second-order valence-corrected chi connectivity index (χ2v) is 3.43. The molecule has 3 aliphatic rings. The average molecular weight is 123 g/mol. The molecule has 0 aromatic heterocycles. The molecule has 2 N–H and O–H groups in total. The topological polar surface area (TPSA) is 26.0 Å². The van der Waals surface area contributed by atoms with Crippen LogP contribution in [0.3, 0.4) is 0 Å². The Balaban J connectivity index is 2.28. The van der Waals surface area contributed by atoms with Gasteiger partial charge in [-0.05, 0) is 31.6 Å². The summed E-state index contributed by atoms with van der Waals surface area (Å²) in [6, 6.07) is 0. The van der Waals surface area contributed by atoms with Crippen LogP contribution in [-0.4, -0.2) is 5.54 Å². The summed E-state index contributed by atoms with van der Waals surface area (Å²) in [5, 5.41) is 0. The van der Waals surface area contributed by atoms with Crippen LogP contribution in [0.4, 0.5) is 0 Å². The Labute approximate surface area is 55.9 Å². The first kappa shape index (κ1) is 5.48. The average Bonchev–Trinajstić information content (AvgIpc) is 1.90. The molecule has 3 aliphatic carbocycles. The monoisotopic (exact) mass is 123 g/mol. The highest BCUT2D eigenvalue weighted by molar-refractivity contribution is 5.14. The molecule has 1 saturated carbocycles. The molecule has 0 unspecified atom stereocenters. The van der Waals surface area contributed by atoms with Crippen molar-refractivity contribution in [1.29, 1.82) is 0 Å². The maximum absolute atomic E-state index is 6.01. The molecule has 1 nitrogen and oxygen atoms in total. The fourth-order valence-corrected chi connectivity index (χ4v) is 1.86. The third-order valence-electron chi connectivity index (χ3n) is 2.66. The normalized spacial score (nSPS) is 47.9. The van der Waals surface area contributed by atoms with Crippen LogP contribution in [-0.2, 0) is 0 Å². The van der Waals surface area contributed by atoms with Gasteiger partial charge in [0.2, 0.25) is 0 Å². The molecule has 0 saturated heterocycles. The molecule has 2 bridgehead atoms. The van der Waals surface area contributed by atoms with Crippen molar-refractivity contribution < 1.29 is 0 Å². The molecule has 1 heteroatoms. The molecule has 0 radical (unpaired) electrons. The Kier molecular flexibility index (Phi) is 0.974. The highest BCUT2D eigenvalue weighted by Gasteiger charge is 2.32. The van der Waals surface area contributed by atoms with Crippen molar-refractivity contribution in [3.05, 3.63) is 12.2 Å². The summed E-state index contributed by atoms with van der Waals surface area (Å²) in [4.78, 5) is 0. The first-order chi connectivity index (χ1) is 4.29. The highest BCUT2D eigenvalue weighted by atomic mass is 14.7. The van der Waals surface area contributed by atoms with Crippen molar-refractivity contribution in [1.82, 2.24) is 0 Å². The second kappa shape index (κ2) is 1.60. The number of rotatable bonds is 0. The molecule has 3 rings (SSSR count). The van der Waals surface area contributed by atoms with E-state index in [2.05, 4.69) is 12.2 Å². The van der Waals surface area contributed by atoms with Gasteiger partial charge in [-0.25, -0.2) is 0 Å². The number of fused-ring (bicyclic) bond motifs is 2. The van der Waals surface area contributed by atoms with Crippen LogP contribution in [0.2, 0.25) is 0 Å². The van der Waals surface area contributed by atoms with E-state index in [1.807, 2.05) is 0 Å².